The predicted octanol–water partition coefficient (Wildman–Crippen LogP) is 7.07. The molecule has 0 amide bonds. The van der Waals surface area contributed by atoms with Gasteiger partial charge in [-0.3, -0.25) is 0 Å². The molecule has 0 aromatic carbocycles. The lowest BCUT2D eigenvalue weighted by Crippen LogP contribution is -2.15. The van der Waals surface area contributed by atoms with Crippen molar-refractivity contribution >= 4 is 0 Å². The van der Waals surface area contributed by atoms with Gasteiger partial charge in [0, 0.05) is 0 Å². The molecule has 0 heterocycles. The summed E-state index contributed by atoms with van der Waals surface area (Å²) in [5, 5.41) is 0. The molecular formula is C23H32. The Kier molecular flexibility index (Phi) is 6.13. The molecule has 23 heavy (non-hydrogen) atoms. The number of allylic oxidation sites excluding steroid dienone is 10. The highest BCUT2D eigenvalue weighted by atomic mass is 14.3. The molecule has 3 aliphatic carbocycles. The second-order valence-electron chi connectivity index (χ2n) is 7.78. The third-order valence-corrected chi connectivity index (χ3v) is 5.81. The molecule has 0 nitrogen and oxygen atoms in total. The minimum Gasteiger partial charge on any atom is -0.0842 e. The molecular weight excluding hydrogens is 276 g/mol. The Hall–Kier alpha value is -1.30. The first-order valence-electron chi connectivity index (χ1n) is 9.67. The van der Waals surface area contributed by atoms with Gasteiger partial charge in [0.1, 0.15) is 0 Å². The van der Waals surface area contributed by atoms with Gasteiger partial charge in [-0.1, -0.05) is 53.7 Å². The van der Waals surface area contributed by atoms with Crippen molar-refractivity contribution in [2.24, 2.45) is 11.8 Å². The third kappa shape index (κ3) is 5.37. The Bertz CT molecular complexity index is 530. The van der Waals surface area contributed by atoms with Gasteiger partial charge in [0.05, 0.1) is 0 Å². The SMILES string of the molecule is CC1=CC=C(CC2CCC(CC=CC3=CC=CCC3)CC2)CC1. The van der Waals surface area contributed by atoms with Crippen LogP contribution in [0, 0.1) is 11.8 Å². The van der Waals surface area contributed by atoms with Crippen LogP contribution in [0.2, 0.25) is 0 Å². The van der Waals surface area contributed by atoms with Crippen molar-refractivity contribution in [3.8, 4) is 0 Å². The Morgan fingerprint density at radius 3 is 2.48 bits per heavy atom. The second-order valence-corrected chi connectivity index (χ2v) is 7.78. The number of hydrogen-bond acceptors (Lipinski definition) is 0. The Balaban J connectivity index is 1.38. The van der Waals surface area contributed by atoms with E-state index in [1.807, 2.05) is 0 Å². The summed E-state index contributed by atoms with van der Waals surface area (Å²) in [5.74, 6) is 1.89. The highest BCUT2D eigenvalue weighted by Gasteiger charge is 2.21. The van der Waals surface area contributed by atoms with Gasteiger partial charge in [0.2, 0.25) is 0 Å². The highest BCUT2D eigenvalue weighted by Crippen LogP contribution is 2.36. The maximum atomic E-state index is 2.44. The standard InChI is InChI=1S/C23H32/c1-19-10-12-22(13-11-19)18-23-16-14-21(15-17-23)9-5-8-20-6-3-2-4-7-20/h2-3,5-6,8,10,12,21,23H,4,7,9,11,13-18H2,1H3. The van der Waals surface area contributed by atoms with Gasteiger partial charge in [-0.15, -0.1) is 0 Å². The van der Waals surface area contributed by atoms with E-state index in [1.165, 1.54) is 69.8 Å². The quantitative estimate of drug-likeness (QED) is 0.509. The first-order chi connectivity index (χ1) is 11.3. The fraction of sp³-hybridized carbons (Fsp3) is 0.565. The van der Waals surface area contributed by atoms with E-state index in [4.69, 9.17) is 0 Å². The molecule has 0 unspecified atom stereocenters. The summed E-state index contributed by atoms with van der Waals surface area (Å²) in [7, 11) is 0. The fourth-order valence-electron chi connectivity index (χ4n) is 4.17. The summed E-state index contributed by atoms with van der Waals surface area (Å²) < 4.78 is 0. The van der Waals surface area contributed by atoms with E-state index < -0.39 is 0 Å². The van der Waals surface area contributed by atoms with Crippen molar-refractivity contribution in [1.82, 2.24) is 0 Å². The second kappa shape index (κ2) is 8.52. The summed E-state index contributed by atoms with van der Waals surface area (Å²) >= 11 is 0. The third-order valence-electron chi connectivity index (χ3n) is 5.81. The largest absolute Gasteiger partial charge is 0.0842 e. The maximum Gasteiger partial charge on any atom is -0.0244 e. The van der Waals surface area contributed by atoms with Crippen molar-refractivity contribution in [2.45, 2.75) is 71.1 Å². The van der Waals surface area contributed by atoms with Crippen LogP contribution >= 0.6 is 0 Å². The van der Waals surface area contributed by atoms with Gasteiger partial charge in [0.15, 0.2) is 0 Å². The van der Waals surface area contributed by atoms with Crippen molar-refractivity contribution in [3.63, 3.8) is 0 Å². The van der Waals surface area contributed by atoms with Crippen LogP contribution in [0.3, 0.4) is 0 Å². The van der Waals surface area contributed by atoms with Crippen molar-refractivity contribution in [3.05, 3.63) is 59.3 Å². The average Bonchev–Trinajstić information content (AvgIpc) is 2.59. The van der Waals surface area contributed by atoms with Crippen molar-refractivity contribution in [1.29, 1.82) is 0 Å². The van der Waals surface area contributed by atoms with Crippen molar-refractivity contribution < 1.29 is 0 Å². The van der Waals surface area contributed by atoms with Gasteiger partial charge in [-0.2, -0.15) is 0 Å². The zero-order chi connectivity index (χ0) is 15.9. The van der Waals surface area contributed by atoms with Crippen LogP contribution in [0.15, 0.2) is 59.3 Å². The van der Waals surface area contributed by atoms with E-state index in [-0.39, 0.29) is 0 Å². The van der Waals surface area contributed by atoms with Crippen molar-refractivity contribution in [2.75, 3.05) is 0 Å². The Labute approximate surface area is 142 Å². The number of rotatable bonds is 5. The predicted molar refractivity (Wildman–Crippen MR) is 101 cm³/mol. The first kappa shape index (κ1) is 16.6. The van der Waals surface area contributed by atoms with Crippen LogP contribution in [-0.2, 0) is 0 Å². The normalized spacial score (nSPS) is 28.5. The topological polar surface area (TPSA) is 0 Å². The lowest BCUT2D eigenvalue weighted by Gasteiger charge is -2.29. The fourth-order valence-corrected chi connectivity index (χ4v) is 4.17. The maximum absolute atomic E-state index is 2.44. The first-order valence-corrected chi connectivity index (χ1v) is 9.67. The molecule has 1 saturated carbocycles. The minimum absolute atomic E-state index is 0.935. The van der Waals surface area contributed by atoms with E-state index in [1.54, 1.807) is 11.1 Å². The molecule has 0 atom stereocenters. The van der Waals surface area contributed by atoms with Crippen LogP contribution in [0.1, 0.15) is 71.1 Å². The Morgan fingerprint density at radius 2 is 1.78 bits per heavy atom. The summed E-state index contributed by atoms with van der Waals surface area (Å²) in [5.41, 5.74) is 4.76. The van der Waals surface area contributed by atoms with E-state index in [0.717, 1.165) is 11.8 Å². The van der Waals surface area contributed by atoms with Crippen LogP contribution in [0.4, 0.5) is 0 Å². The zero-order valence-corrected chi connectivity index (χ0v) is 14.8. The lowest BCUT2D eigenvalue weighted by molar-refractivity contribution is 0.273. The molecule has 3 rings (SSSR count). The number of hydrogen-bond donors (Lipinski definition) is 0. The smallest absolute Gasteiger partial charge is 0.0244 e. The Morgan fingerprint density at radius 1 is 0.957 bits per heavy atom. The average molecular weight is 309 g/mol. The molecule has 0 aliphatic heterocycles. The summed E-state index contributed by atoms with van der Waals surface area (Å²) in [4.78, 5) is 0. The summed E-state index contributed by atoms with van der Waals surface area (Å²) in [6, 6.07) is 0. The van der Waals surface area contributed by atoms with Gasteiger partial charge in [0.25, 0.3) is 0 Å². The molecule has 0 saturated heterocycles. The molecule has 0 aromatic heterocycles. The summed E-state index contributed by atoms with van der Waals surface area (Å²) in [6.45, 7) is 2.26. The monoisotopic (exact) mass is 308 g/mol. The zero-order valence-electron chi connectivity index (χ0n) is 14.8. The molecule has 0 N–H and O–H groups in total. The molecule has 0 spiro atoms. The molecule has 0 bridgehead atoms. The van der Waals surface area contributed by atoms with Crippen LogP contribution < -0.4 is 0 Å². The molecule has 0 aromatic rings. The molecule has 3 aliphatic rings. The lowest BCUT2D eigenvalue weighted by atomic mass is 9.77. The van der Waals surface area contributed by atoms with Gasteiger partial charge in [-0.25, -0.2) is 0 Å². The van der Waals surface area contributed by atoms with Crippen LogP contribution in [0.25, 0.3) is 0 Å². The van der Waals surface area contributed by atoms with Gasteiger partial charge < -0.3 is 0 Å². The van der Waals surface area contributed by atoms with Gasteiger partial charge >= 0.3 is 0 Å². The van der Waals surface area contributed by atoms with Crippen LogP contribution in [0.5, 0.6) is 0 Å². The van der Waals surface area contributed by atoms with Gasteiger partial charge in [-0.05, 0) is 88.5 Å². The van der Waals surface area contributed by atoms with E-state index in [2.05, 4.69) is 49.5 Å². The highest BCUT2D eigenvalue weighted by molar-refractivity contribution is 5.27. The van der Waals surface area contributed by atoms with Crippen LogP contribution in [-0.4, -0.2) is 0 Å². The molecule has 1 fully saturated rings. The minimum atomic E-state index is 0.935. The van der Waals surface area contributed by atoms with E-state index in [9.17, 15) is 0 Å². The molecule has 0 radical (unpaired) electrons. The van der Waals surface area contributed by atoms with E-state index >= 15 is 0 Å². The van der Waals surface area contributed by atoms with E-state index in [0.29, 0.717) is 0 Å². The molecule has 124 valence electrons. The summed E-state index contributed by atoms with van der Waals surface area (Å²) in [6.07, 6.45) is 29.8. The molecule has 0 heteroatoms.